The number of nitrogens with zero attached hydrogens (tertiary/aromatic N) is 4. The molecular weight excluding hydrogens is 441 g/mol. The standard InChI is InChI=1S/C24H18FN5O2S/c1-15-26-20-13-16(11-12-21(20)32-15)27-22(31)14-33-24-29-28-23(18-9-5-6-10-19(18)25)30(24)17-7-3-2-4-8-17/h2-13H,14H2,1H3,(H,27,31). The van der Waals surface area contributed by atoms with Gasteiger partial charge in [-0.3, -0.25) is 9.36 Å². The zero-order valence-electron chi connectivity index (χ0n) is 17.5. The van der Waals surface area contributed by atoms with Gasteiger partial charge in [-0.2, -0.15) is 0 Å². The molecule has 0 aliphatic rings. The summed E-state index contributed by atoms with van der Waals surface area (Å²) in [4.78, 5) is 16.9. The number of hydrogen-bond acceptors (Lipinski definition) is 6. The van der Waals surface area contributed by atoms with Gasteiger partial charge in [-0.05, 0) is 42.5 Å². The highest BCUT2D eigenvalue weighted by atomic mass is 32.2. The summed E-state index contributed by atoms with van der Waals surface area (Å²) >= 11 is 1.22. The van der Waals surface area contributed by atoms with Gasteiger partial charge in [0, 0.05) is 18.3 Å². The molecule has 9 heteroatoms. The summed E-state index contributed by atoms with van der Waals surface area (Å²) in [6, 6.07) is 21.1. The summed E-state index contributed by atoms with van der Waals surface area (Å²) in [5.41, 5.74) is 3.07. The van der Waals surface area contributed by atoms with Gasteiger partial charge in [-0.25, -0.2) is 9.37 Å². The van der Waals surface area contributed by atoms with E-state index in [9.17, 15) is 9.18 Å². The average Bonchev–Trinajstić information content (AvgIpc) is 3.41. The lowest BCUT2D eigenvalue weighted by Crippen LogP contribution is -2.14. The lowest BCUT2D eigenvalue weighted by molar-refractivity contribution is -0.113. The molecule has 0 radical (unpaired) electrons. The molecule has 0 atom stereocenters. The fourth-order valence-corrected chi connectivity index (χ4v) is 4.19. The van der Waals surface area contributed by atoms with Crippen LogP contribution < -0.4 is 5.32 Å². The number of para-hydroxylation sites is 1. The zero-order valence-corrected chi connectivity index (χ0v) is 18.3. The number of carbonyl (C=O) groups is 1. The monoisotopic (exact) mass is 459 g/mol. The highest BCUT2D eigenvalue weighted by molar-refractivity contribution is 7.99. The quantitative estimate of drug-likeness (QED) is 0.349. The van der Waals surface area contributed by atoms with E-state index in [1.54, 1.807) is 47.9 Å². The van der Waals surface area contributed by atoms with E-state index in [4.69, 9.17) is 4.42 Å². The summed E-state index contributed by atoms with van der Waals surface area (Å²) in [5, 5.41) is 11.8. The fourth-order valence-electron chi connectivity index (χ4n) is 3.44. The van der Waals surface area contributed by atoms with Crippen LogP contribution in [0.25, 0.3) is 28.2 Å². The van der Waals surface area contributed by atoms with Crippen molar-refractivity contribution in [2.45, 2.75) is 12.1 Å². The van der Waals surface area contributed by atoms with Gasteiger partial charge in [0.2, 0.25) is 5.91 Å². The Kier molecular flexibility index (Phi) is 5.62. The van der Waals surface area contributed by atoms with Crippen molar-refractivity contribution in [3.8, 4) is 17.1 Å². The van der Waals surface area contributed by atoms with Gasteiger partial charge in [0.1, 0.15) is 11.3 Å². The molecule has 2 heterocycles. The molecule has 0 saturated carbocycles. The van der Waals surface area contributed by atoms with Crippen LogP contribution in [0.2, 0.25) is 0 Å². The number of aryl methyl sites for hydroxylation is 1. The Morgan fingerprint density at radius 1 is 1.06 bits per heavy atom. The predicted molar refractivity (Wildman–Crippen MR) is 125 cm³/mol. The molecule has 7 nitrogen and oxygen atoms in total. The number of rotatable bonds is 6. The number of hydrogen-bond donors (Lipinski definition) is 1. The number of fused-ring (bicyclic) bond motifs is 1. The van der Waals surface area contributed by atoms with Crippen molar-refractivity contribution in [3.63, 3.8) is 0 Å². The Balaban J connectivity index is 1.38. The van der Waals surface area contributed by atoms with Crippen molar-refractivity contribution >= 4 is 34.5 Å². The summed E-state index contributed by atoms with van der Waals surface area (Å²) in [6.45, 7) is 1.77. The molecule has 0 fully saturated rings. The number of aromatic nitrogens is 4. The van der Waals surface area contributed by atoms with Gasteiger partial charge in [-0.15, -0.1) is 10.2 Å². The van der Waals surface area contributed by atoms with Crippen LogP contribution in [-0.4, -0.2) is 31.4 Å². The normalized spacial score (nSPS) is 11.1. The first-order chi connectivity index (χ1) is 16.1. The third-order valence-electron chi connectivity index (χ3n) is 4.87. The number of thioether (sulfide) groups is 1. The highest BCUT2D eigenvalue weighted by Crippen LogP contribution is 2.29. The van der Waals surface area contributed by atoms with E-state index in [-0.39, 0.29) is 11.7 Å². The number of halogens is 1. The topological polar surface area (TPSA) is 85.8 Å². The first-order valence-electron chi connectivity index (χ1n) is 10.1. The van der Waals surface area contributed by atoms with E-state index >= 15 is 0 Å². The number of amides is 1. The van der Waals surface area contributed by atoms with E-state index in [0.717, 1.165) is 5.69 Å². The molecule has 0 unspecified atom stereocenters. The molecular formula is C24H18FN5O2S. The minimum absolute atomic E-state index is 0.0954. The van der Waals surface area contributed by atoms with Crippen molar-refractivity contribution in [1.82, 2.24) is 19.7 Å². The first kappa shape index (κ1) is 20.9. The van der Waals surface area contributed by atoms with Crippen LogP contribution in [-0.2, 0) is 4.79 Å². The maximum absolute atomic E-state index is 14.5. The van der Waals surface area contributed by atoms with Crippen LogP contribution >= 0.6 is 11.8 Å². The second-order valence-corrected chi connectivity index (χ2v) is 8.15. The van der Waals surface area contributed by atoms with Gasteiger partial charge in [0.15, 0.2) is 22.5 Å². The Morgan fingerprint density at radius 3 is 2.67 bits per heavy atom. The van der Waals surface area contributed by atoms with Crippen molar-refractivity contribution in [3.05, 3.63) is 84.5 Å². The summed E-state index contributed by atoms with van der Waals surface area (Å²) in [5.74, 6) is 0.423. The summed E-state index contributed by atoms with van der Waals surface area (Å²) in [6.07, 6.45) is 0. The molecule has 1 amide bonds. The summed E-state index contributed by atoms with van der Waals surface area (Å²) < 4.78 is 21.7. The maximum atomic E-state index is 14.5. The molecule has 5 rings (SSSR count). The van der Waals surface area contributed by atoms with Gasteiger partial charge in [0.25, 0.3) is 0 Å². The van der Waals surface area contributed by atoms with Crippen LogP contribution in [0, 0.1) is 12.7 Å². The lowest BCUT2D eigenvalue weighted by Gasteiger charge is -2.11. The molecule has 164 valence electrons. The van der Waals surface area contributed by atoms with E-state index in [2.05, 4.69) is 20.5 Å². The molecule has 0 saturated heterocycles. The Bertz CT molecular complexity index is 1450. The van der Waals surface area contributed by atoms with E-state index < -0.39 is 5.82 Å². The van der Waals surface area contributed by atoms with Gasteiger partial charge >= 0.3 is 0 Å². The number of benzene rings is 3. The molecule has 3 aromatic carbocycles. The van der Waals surface area contributed by atoms with Crippen LogP contribution in [0.15, 0.2) is 82.4 Å². The fraction of sp³-hybridized carbons (Fsp3) is 0.0833. The number of nitrogens with one attached hydrogen (secondary N) is 1. The second-order valence-electron chi connectivity index (χ2n) is 7.21. The smallest absolute Gasteiger partial charge is 0.234 e. The minimum Gasteiger partial charge on any atom is -0.441 e. The molecule has 1 N–H and O–H groups in total. The van der Waals surface area contributed by atoms with Gasteiger partial charge in [0.05, 0.1) is 11.3 Å². The largest absolute Gasteiger partial charge is 0.441 e. The molecule has 33 heavy (non-hydrogen) atoms. The Hall–Kier alpha value is -3.98. The van der Waals surface area contributed by atoms with Crippen molar-refractivity contribution < 1.29 is 13.6 Å². The molecule has 5 aromatic rings. The third-order valence-corrected chi connectivity index (χ3v) is 5.80. The molecule has 0 bridgehead atoms. The minimum atomic E-state index is -0.394. The van der Waals surface area contributed by atoms with Crippen LogP contribution in [0.1, 0.15) is 5.89 Å². The van der Waals surface area contributed by atoms with E-state index in [0.29, 0.717) is 39.2 Å². The van der Waals surface area contributed by atoms with Gasteiger partial charge in [-0.1, -0.05) is 42.1 Å². The third kappa shape index (κ3) is 4.35. The molecule has 0 aliphatic carbocycles. The van der Waals surface area contributed by atoms with Crippen LogP contribution in [0.4, 0.5) is 10.1 Å². The maximum Gasteiger partial charge on any atom is 0.234 e. The average molecular weight is 460 g/mol. The summed E-state index contributed by atoms with van der Waals surface area (Å²) in [7, 11) is 0. The molecule has 2 aromatic heterocycles. The highest BCUT2D eigenvalue weighted by Gasteiger charge is 2.19. The molecule has 0 spiro atoms. The van der Waals surface area contributed by atoms with E-state index in [1.165, 1.54) is 17.8 Å². The lowest BCUT2D eigenvalue weighted by atomic mass is 10.2. The van der Waals surface area contributed by atoms with Gasteiger partial charge < -0.3 is 9.73 Å². The van der Waals surface area contributed by atoms with Crippen molar-refractivity contribution in [1.29, 1.82) is 0 Å². The Labute approximate surface area is 192 Å². The SMILES string of the molecule is Cc1nc2cc(NC(=O)CSc3nnc(-c4ccccc4F)n3-c3ccccc3)ccc2o1. The first-order valence-corrected chi connectivity index (χ1v) is 11.1. The van der Waals surface area contributed by atoms with Crippen molar-refractivity contribution in [2.24, 2.45) is 0 Å². The number of carbonyl (C=O) groups excluding carboxylic acids is 1. The predicted octanol–water partition coefficient (Wildman–Crippen LogP) is 5.25. The zero-order chi connectivity index (χ0) is 22.8. The van der Waals surface area contributed by atoms with E-state index in [1.807, 2.05) is 30.3 Å². The molecule has 0 aliphatic heterocycles. The van der Waals surface area contributed by atoms with Crippen molar-refractivity contribution in [2.75, 3.05) is 11.1 Å². The number of oxazole rings is 1. The second kappa shape index (κ2) is 8.87. The van der Waals surface area contributed by atoms with Crippen LogP contribution in [0.5, 0.6) is 0 Å². The Morgan fingerprint density at radius 2 is 1.85 bits per heavy atom. The van der Waals surface area contributed by atoms with Crippen LogP contribution in [0.3, 0.4) is 0 Å². The number of anilines is 1.